The zero-order chi connectivity index (χ0) is 27.1. The zero-order valence-corrected chi connectivity index (χ0v) is 23.3. The number of fused-ring (bicyclic) bond motifs is 9. The number of aryl methyl sites for hydroxylation is 4. The molecule has 0 amide bonds. The molecular weight excluding hydrogens is 484 g/mol. The van der Waals surface area contributed by atoms with Crippen molar-refractivity contribution < 1.29 is 0 Å². The molecule has 0 atom stereocenters. The second-order valence-electron chi connectivity index (χ2n) is 11.3. The molecular formula is C38H30N2. The molecule has 0 saturated heterocycles. The van der Waals surface area contributed by atoms with Gasteiger partial charge in [-0.15, -0.1) is 0 Å². The molecule has 192 valence electrons. The first-order valence-corrected chi connectivity index (χ1v) is 14.0. The number of benzene rings is 6. The lowest BCUT2D eigenvalue weighted by Crippen LogP contribution is -1.91. The highest BCUT2D eigenvalue weighted by molar-refractivity contribution is 6.25. The molecule has 2 heteroatoms. The molecule has 0 unspecified atom stereocenters. The average Bonchev–Trinajstić information content (AvgIpc) is 3.49. The highest BCUT2D eigenvalue weighted by atomic mass is 14.9. The third kappa shape index (κ3) is 3.23. The number of aromatic nitrogens is 2. The van der Waals surface area contributed by atoms with Crippen LogP contribution in [0, 0.1) is 13.8 Å². The Balaban J connectivity index is 1.36. The smallest absolute Gasteiger partial charge is 0.0489 e. The highest BCUT2D eigenvalue weighted by Gasteiger charge is 2.15. The molecule has 40 heavy (non-hydrogen) atoms. The molecule has 2 heterocycles. The van der Waals surface area contributed by atoms with E-state index in [-0.39, 0.29) is 0 Å². The molecule has 0 spiro atoms. The first-order valence-electron chi connectivity index (χ1n) is 14.0. The van der Waals surface area contributed by atoms with E-state index < -0.39 is 0 Å². The van der Waals surface area contributed by atoms with Crippen molar-refractivity contribution in [3.8, 4) is 22.5 Å². The zero-order valence-electron chi connectivity index (χ0n) is 23.3. The van der Waals surface area contributed by atoms with Gasteiger partial charge in [0, 0.05) is 47.3 Å². The molecule has 0 saturated carbocycles. The Morgan fingerprint density at radius 1 is 0.375 bits per heavy atom. The van der Waals surface area contributed by atoms with E-state index in [1.807, 2.05) is 0 Å². The summed E-state index contributed by atoms with van der Waals surface area (Å²) in [5.41, 5.74) is 10.1. The summed E-state index contributed by atoms with van der Waals surface area (Å²) in [6.45, 7) is 4.31. The van der Waals surface area contributed by atoms with Gasteiger partial charge in [0.05, 0.1) is 0 Å². The normalized spacial score (nSPS) is 12.0. The molecule has 0 fully saturated rings. The Kier molecular flexibility index (Phi) is 4.82. The fourth-order valence-corrected chi connectivity index (χ4v) is 6.84. The maximum atomic E-state index is 2.36. The maximum Gasteiger partial charge on any atom is 0.0489 e. The van der Waals surface area contributed by atoms with Crippen molar-refractivity contribution in [2.75, 3.05) is 0 Å². The second-order valence-corrected chi connectivity index (χ2v) is 11.3. The molecule has 0 N–H and O–H groups in total. The first-order chi connectivity index (χ1) is 19.5. The number of nitrogens with zero attached hydrogens (tertiary/aromatic N) is 2. The average molecular weight is 515 g/mol. The van der Waals surface area contributed by atoms with Crippen LogP contribution < -0.4 is 0 Å². The van der Waals surface area contributed by atoms with E-state index in [1.54, 1.807) is 0 Å². The van der Waals surface area contributed by atoms with E-state index >= 15 is 0 Å². The Labute approximate surface area is 233 Å². The summed E-state index contributed by atoms with van der Waals surface area (Å²) in [7, 11) is 4.35. The van der Waals surface area contributed by atoms with Crippen molar-refractivity contribution in [2.45, 2.75) is 13.8 Å². The van der Waals surface area contributed by atoms with Crippen LogP contribution in [0.4, 0.5) is 0 Å². The molecule has 8 rings (SSSR count). The molecule has 0 bridgehead atoms. The topological polar surface area (TPSA) is 9.86 Å². The predicted molar refractivity (Wildman–Crippen MR) is 172 cm³/mol. The van der Waals surface area contributed by atoms with Crippen LogP contribution in [0.3, 0.4) is 0 Å². The summed E-state index contributed by atoms with van der Waals surface area (Å²) in [5, 5.41) is 10.5. The number of hydrogen-bond donors (Lipinski definition) is 0. The van der Waals surface area contributed by atoms with Crippen LogP contribution in [0.1, 0.15) is 11.1 Å². The van der Waals surface area contributed by atoms with Gasteiger partial charge in [0.1, 0.15) is 0 Å². The Bertz CT molecular complexity index is 2140. The lowest BCUT2D eigenvalue weighted by molar-refractivity contribution is 0.978. The van der Waals surface area contributed by atoms with E-state index in [1.165, 1.54) is 87.8 Å². The van der Waals surface area contributed by atoms with Gasteiger partial charge in [-0.25, -0.2) is 0 Å². The van der Waals surface area contributed by atoms with Crippen LogP contribution in [0.15, 0.2) is 109 Å². The molecule has 2 aromatic heterocycles. The predicted octanol–water partition coefficient (Wildman–Crippen LogP) is 10.1. The Hall–Kier alpha value is -4.82. The minimum atomic E-state index is 1.25. The molecule has 6 aromatic carbocycles. The van der Waals surface area contributed by atoms with Gasteiger partial charge in [0.15, 0.2) is 0 Å². The van der Waals surface area contributed by atoms with E-state index in [4.69, 9.17) is 0 Å². The molecule has 2 nitrogen and oxygen atoms in total. The third-order valence-corrected chi connectivity index (χ3v) is 8.87. The van der Waals surface area contributed by atoms with Gasteiger partial charge in [-0.2, -0.15) is 0 Å². The van der Waals surface area contributed by atoms with Crippen LogP contribution in [0.2, 0.25) is 0 Å². The van der Waals surface area contributed by atoms with Crippen LogP contribution >= 0.6 is 0 Å². The van der Waals surface area contributed by atoms with Gasteiger partial charge in [-0.05, 0) is 93.7 Å². The summed E-state index contributed by atoms with van der Waals surface area (Å²) in [5.74, 6) is 0. The first kappa shape index (κ1) is 23.1. The SMILES string of the molecule is Cc1cccc(-c2cc3c4ccc5c(ccc6c5ccc5c6cc(-c6cccc(C)c6)n5C)c4ccc3n2C)c1. The molecule has 0 radical (unpaired) electrons. The Morgan fingerprint density at radius 2 is 0.725 bits per heavy atom. The van der Waals surface area contributed by atoms with Gasteiger partial charge in [0.25, 0.3) is 0 Å². The van der Waals surface area contributed by atoms with E-state index in [2.05, 4.69) is 146 Å². The Morgan fingerprint density at radius 3 is 1.10 bits per heavy atom. The van der Waals surface area contributed by atoms with Crippen LogP contribution in [0.25, 0.3) is 76.6 Å². The fourth-order valence-electron chi connectivity index (χ4n) is 6.84. The molecule has 0 aliphatic heterocycles. The van der Waals surface area contributed by atoms with Gasteiger partial charge in [0.2, 0.25) is 0 Å². The van der Waals surface area contributed by atoms with Crippen LogP contribution in [0.5, 0.6) is 0 Å². The highest BCUT2D eigenvalue weighted by Crippen LogP contribution is 2.40. The monoisotopic (exact) mass is 514 g/mol. The lowest BCUT2D eigenvalue weighted by Gasteiger charge is -2.10. The minimum Gasteiger partial charge on any atom is -0.344 e. The quantitative estimate of drug-likeness (QED) is 0.203. The fraction of sp³-hybridized carbons (Fsp3) is 0.105. The summed E-state index contributed by atoms with van der Waals surface area (Å²) in [4.78, 5) is 0. The van der Waals surface area contributed by atoms with E-state index in [9.17, 15) is 0 Å². The summed E-state index contributed by atoms with van der Waals surface area (Å²) >= 11 is 0. The van der Waals surface area contributed by atoms with Crippen molar-refractivity contribution in [2.24, 2.45) is 14.1 Å². The van der Waals surface area contributed by atoms with Crippen molar-refractivity contribution >= 4 is 54.1 Å². The second kappa shape index (κ2) is 8.34. The largest absolute Gasteiger partial charge is 0.344 e. The molecule has 0 aliphatic rings. The number of rotatable bonds is 2. The molecule has 8 aromatic rings. The summed E-state index contributed by atoms with van der Waals surface area (Å²) in [6, 6.07) is 40.8. The maximum absolute atomic E-state index is 2.36. The van der Waals surface area contributed by atoms with Gasteiger partial charge < -0.3 is 9.13 Å². The summed E-state index contributed by atoms with van der Waals surface area (Å²) < 4.78 is 4.65. The van der Waals surface area contributed by atoms with Crippen LogP contribution in [-0.4, -0.2) is 9.13 Å². The molecule has 0 aliphatic carbocycles. The lowest BCUT2D eigenvalue weighted by atomic mass is 9.94. The van der Waals surface area contributed by atoms with Gasteiger partial charge >= 0.3 is 0 Å². The third-order valence-electron chi connectivity index (χ3n) is 8.87. The van der Waals surface area contributed by atoms with Crippen molar-refractivity contribution in [1.29, 1.82) is 0 Å². The van der Waals surface area contributed by atoms with Gasteiger partial charge in [-0.1, -0.05) is 83.9 Å². The minimum absolute atomic E-state index is 1.25. The van der Waals surface area contributed by atoms with Crippen molar-refractivity contribution in [1.82, 2.24) is 9.13 Å². The standard InChI is InChI=1S/C38H30N2/c1-23-7-5-9-25(19-23)37-21-33-31-13-11-28-27(29(31)15-17-35(33)39(37)3)12-14-32-30(28)16-18-36-34(32)22-38(40(36)4)26-10-6-8-24(2)20-26/h5-22H,1-4H3. The summed E-state index contributed by atoms with van der Waals surface area (Å²) in [6.07, 6.45) is 0. The van der Waals surface area contributed by atoms with E-state index in [0.29, 0.717) is 0 Å². The van der Waals surface area contributed by atoms with E-state index in [0.717, 1.165) is 0 Å². The number of hydrogen-bond acceptors (Lipinski definition) is 0. The van der Waals surface area contributed by atoms with Crippen molar-refractivity contribution in [3.63, 3.8) is 0 Å². The van der Waals surface area contributed by atoms with Crippen LogP contribution in [-0.2, 0) is 14.1 Å². The van der Waals surface area contributed by atoms with Gasteiger partial charge in [-0.3, -0.25) is 0 Å². The van der Waals surface area contributed by atoms with Crippen molar-refractivity contribution in [3.05, 3.63) is 120 Å².